The highest BCUT2D eigenvalue weighted by Gasteiger charge is 2.32. The zero-order valence-corrected chi connectivity index (χ0v) is 19.9. The van der Waals surface area contributed by atoms with Crippen LogP contribution in [-0.4, -0.2) is 47.4 Å². The Morgan fingerprint density at radius 2 is 1.74 bits per heavy atom. The van der Waals surface area contributed by atoms with Crippen LogP contribution in [0.25, 0.3) is 0 Å². The fraction of sp³-hybridized carbons (Fsp3) is 0.435. The van der Waals surface area contributed by atoms with E-state index in [9.17, 15) is 13.2 Å². The fourth-order valence-corrected chi connectivity index (χ4v) is 4.74. The number of ether oxygens (including phenoxy) is 2. The molecule has 0 unspecified atom stereocenters. The quantitative estimate of drug-likeness (QED) is 0.603. The lowest BCUT2D eigenvalue weighted by Gasteiger charge is -2.31. The summed E-state index contributed by atoms with van der Waals surface area (Å²) in [5.41, 5.74) is 3.23. The molecule has 1 atom stereocenters. The molecule has 0 aromatic heterocycles. The Kier molecular flexibility index (Phi) is 8.33. The number of carbonyl (C=O) groups is 1. The van der Waals surface area contributed by atoms with Crippen LogP contribution in [0.5, 0.6) is 11.5 Å². The van der Waals surface area contributed by atoms with Crippen molar-refractivity contribution in [3.8, 4) is 11.5 Å². The molecule has 8 heteroatoms. The molecule has 2 aromatic rings. The molecule has 1 N–H and O–H groups in total. The standard InChI is InChI=1S/C23H32N2O5S/c1-7-19(25(31(6,27)28)20-14-16(2)8-9-17(20)3)23(26)24-13-12-18-10-11-21(29-4)22(15-18)30-5/h8-11,14-15,19H,7,12-13H2,1-6H3,(H,24,26)/t19-/m0/s1. The molecule has 0 aliphatic heterocycles. The number of benzene rings is 2. The van der Waals surface area contributed by atoms with Crippen molar-refractivity contribution in [1.29, 1.82) is 0 Å². The van der Waals surface area contributed by atoms with Crippen LogP contribution in [0.3, 0.4) is 0 Å². The van der Waals surface area contributed by atoms with Gasteiger partial charge < -0.3 is 14.8 Å². The van der Waals surface area contributed by atoms with Gasteiger partial charge in [0, 0.05) is 6.54 Å². The van der Waals surface area contributed by atoms with Crippen LogP contribution in [-0.2, 0) is 21.2 Å². The summed E-state index contributed by atoms with van der Waals surface area (Å²) in [6, 6.07) is 10.3. The van der Waals surface area contributed by atoms with E-state index in [2.05, 4.69) is 5.32 Å². The molecule has 0 aliphatic rings. The molecule has 0 heterocycles. The number of hydrogen-bond acceptors (Lipinski definition) is 5. The summed E-state index contributed by atoms with van der Waals surface area (Å²) >= 11 is 0. The number of methoxy groups -OCH3 is 2. The first-order chi connectivity index (χ1) is 14.6. The molecule has 31 heavy (non-hydrogen) atoms. The summed E-state index contributed by atoms with van der Waals surface area (Å²) in [6.45, 7) is 5.92. The van der Waals surface area contributed by atoms with Crippen molar-refractivity contribution in [2.24, 2.45) is 0 Å². The highest BCUT2D eigenvalue weighted by molar-refractivity contribution is 7.92. The second-order valence-corrected chi connectivity index (χ2v) is 9.36. The van der Waals surface area contributed by atoms with Gasteiger partial charge in [0.1, 0.15) is 6.04 Å². The monoisotopic (exact) mass is 448 g/mol. The van der Waals surface area contributed by atoms with Gasteiger partial charge in [0.05, 0.1) is 26.2 Å². The minimum Gasteiger partial charge on any atom is -0.493 e. The summed E-state index contributed by atoms with van der Waals surface area (Å²) in [5, 5.41) is 2.89. The van der Waals surface area contributed by atoms with Crippen LogP contribution < -0.4 is 19.1 Å². The molecule has 0 fully saturated rings. The van der Waals surface area contributed by atoms with Gasteiger partial charge in [0.25, 0.3) is 0 Å². The largest absolute Gasteiger partial charge is 0.493 e. The third kappa shape index (κ3) is 6.13. The minimum absolute atomic E-state index is 0.325. The molecular weight excluding hydrogens is 416 g/mol. The molecule has 1 amide bonds. The van der Waals surface area contributed by atoms with E-state index in [4.69, 9.17) is 9.47 Å². The topological polar surface area (TPSA) is 84.9 Å². The van der Waals surface area contributed by atoms with Crippen LogP contribution in [0.4, 0.5) is 5.69 Å². The number of carbonyl (C=O) groups excluding carboxylic acids is 1. The van der Waals surface area contributed by atoms with Gasteiger partial charge in [0.15, 0.2) is 11.5 Å². The molecule has 170 valence electrons. The Bertz CT molecular complexity index is 1020. The van der Waals surface area contributed by atoms with Gasteiger partial charge in [-0.1, -0.05) is 25.1 Å². The molecule has 0 radical (unpaired) electrons. The predicted octanol–water partition coefficient (Wildman–Crippen LogP) is 3.22. The van der Waals surface area contributed by atoms with Crippen molar-refractivity contribution >= 4 is 21.6 Å². The molecular formula is C23H32N2O5S. The van der Waals surface area contributed by atoms with Gasteiger partial charge in [-0.15, -0.1) is 0 Å². The Morgan fingerprint density at radius 3 is 2.32 bits per heavy atom. The van der Waals surface area contributed by atoms with E-state index in [1.165, 1.54) is 4.31 Å². The lowest BCUT2D eigenvalue weighted by atomic mass is 10.1. The Labute approximate surface area is 185 Å². The first-order valence-electron chi connectivity index (χ1n) is 10.2. The molecule has 0 saturated carbocycles. The van der Waals surface area contributed by atoms with Gasteiger partial charge in [-0.2, -0.15) is 0 Å². The zero-order chi connectivity index (χ0) is 23.2. The number of amides is 1. The first-order valence-corrected chi connectivity index (χ1v) is 12.0. The van der Waals surface area contributed by atoms with Gasteiger partial charge in [-0.3, -0.25) is 9.10 Å². The molecule has 0 bridgehead atoms. The van der Waals surface area contributed by atoms with Crippen LogP contribution in [0.1, 0.15) is 30.0 Å². The van der Waals surface area contributed by atoms with E-state index in [-0.39, 0.29) is 5.91 Å². The number of rotatable bonds is 10. The van der Waals surface area contributed by atoms with Gasteiger partial charge in [-0.05, 0) is 61.6 Å². The highest BCUT2D eigenvalue weighted by Crippen LogP contribution is 2.28. The fourth-order valence-electron chi connectivity index (χ4n) is 3.48. The Hall–Kier alpha value is -2.74. The van der Waals surface area contributed by atoms with E-state index in [0.717, 1.165) is 22.9 Å². The molecule has 0 spiro atoms. The first kappa shape index (κ1) is 24.5. The average molecular weight is 449 g/mol. The Morgan fingerprint density at radius 1 is 1.06 bits per heavy atom. The molecule has 7 nitrogen and oxygen atoms in total. The van der Waals surface area contributed by atoms with E-state index in [1.807, 2.05) is 51.1 Å². The van der Waals surface area contributed by atoms with Crippen molar-refractivity contribution in [3.63, 3.8) is 0 Å². The van der Waals surface area contributed by atoms with Crippen LogP contribution in [0, 0.1) is 13.8 Å². The minimum atomic E-state index is -3.67. The SMILES string of the molecule is CC[C@@H](C(=O)NCCc1ccc(OC)c(OC)c1)N(c1cc(C)ccc1C)S(C)(=O)=O. The maximum absolute atomic E-state index is 13.0. The summed E-state index contributed by atoms with van der Waals surface area (Å²) < 4.78 is 37.1. The summed E-state index contributed by atoms with van der Waals surface area (Å²) in [7, 11) is -0.518. The van der Waals surface area contributed by atoms with Crippen molar-refractivity contribution in [3.05, 3.63) is 53.1 Å². The molecule has 0 saturated heterocycles. The lowest BCUT2D eigenvalue weighted by Crippen LogP contribution is -2.49. The lowest BCUT2D eigenvalue weighted by molar-refractivity contribution is -0.122. The predicted molar refractivity (Wildman–Crippen MR) is 124 cm³/mol. The third-order valence-electron chi connectivity index (χ3n) is 5.09. The smallest absolute Gasteiger partial charge is 0.243 e. The van der Waals surface area contributed by atoms with Gasteiger partial charge in [-0.25, -0.2) is 8.42 Å². The second kappa shape index (κ2) is 10.5. The number of nitrogens with one attached hydrogen (secondary N) is 1. The van der Waals surface area contributed by atoms with Crippen molar-refractivity contribution in [2.45, 2.75) is 39.7 Å². The number of aryl methyl sites for hydroxylation is 2. The summed E-state index contributed by atoms with van der Waals surface area (Å²) in [5.74, 6) is 0.934. The zero-order valence-electron chi connectivity index (χ0n) is 19.1. The van der Waals surface area contributed by atoms with E-state index < -0.39 is 16.1 Å². The third-order valence-corrected chi connectivity index (χ3v) is 6.26. The number of sulfonamides is 1. The Balaban J connectivity index is 2.18. The van der Waals surface area contributed by atoms with Gasteiger partial charge in [0.2, 0.25) is 15.9 Å². The van der Waals surface area contributed by atoms with E-state index in [1.54, 1.807) is 20.3 Å². The number of hydrogen-bond donors (Lipinski definition) is 1. The van der Waals surface area contributed by atoms with E-state index in [0.29, 0.717) is 36.6 Å². The second-order valence-electron chi connectivity index (χ2n) is 7.50. The maximum Gasteiger partial charge on any atom is 0.243 e. The van der Waals surface area contributed by atoms with Crippen molar-refractivity contribution in [2.75, 3.05) is 31.3 Å². The average Bonchev–Trinajstić information content (AvgIpc) is 2.72. The van der Waals surface area contributed by atoms with Crippen LogP contribution in [0.2, 0.25) is 0 Å². The molecule has 0 aliphatic carbocycles. The summed E-state index contributed by atoms with van der Waals surface area (Å²) in [6.07, 6.45) is 2.06. The normalized spacial score (nSPS) is 12.2. The highest BCUT2D eigenvalue weighted by atomic mass is 32.2. The summed E-state index contributed by atoms with van der Waals surface area (Å²) in [4.78, 5) is 13.0. The van der Waals surface area contributed by atoms with Gasteiger partial charge >= 0.3 is 0 Å². The number of nitrogens with zero attached hydrogens (tertiary/aromatic N) is 1. The molecule has 2 aromatic carbocycles. The number of anilines is 1. The maximum atomic E-state index is 13.0. The molecule has 2 rings (SSSR count). The van der Waals surface area contributed by atoms with Crippen molar-refractivity contribution in [1.82, 2.24) is 5.32 Å². The van der Waals surface area contributed by atoms with E-state index >= 15 is 0 Å². The van der Waals surface area contributed by atoms with Crippen molar-refractivity contribution < 1.29 is 22.7 Å². The van der Waals surface area contributed by atoms with Crippen LogP contribution in [0.15, 0.2) is 36.4 Å². The van der Waals surface area contributed by atoms with Crippen LogP contribution >= 0.6 is 0 Å².